The molecule has 0 aliphatic carbocycles. The maximum Gasteiger partial charge on any atom is 0.221 e. The molecule has 1 aliphatic heterocycles. The van der Waals surface area contributed by atoms with E-state index < -0.39 is 0 Å². The number of aldehydes is 1. The van der Waals surface area contributed by atoms with Gasteiger partial charge in [-0.15, -0.1) is 0 Å². The highest BCUT2D eigenvalue weighted by atomic mass is 16.5. The third-order valence-corrected chi connectivity index (χ3v) is 4.32. The Kier molecular flexibility index (Phi) is 7.34. The fourth-order valence-corrected chi connectivity index (χ4v) is 3.04. The van der Waals surface area contributed by atoms with Gasteiger partial charge in [-0.2, -0.15) is 0 Å². The Bertz CT molecular complexity index is 846. The van der Waals surface area contributed by atoms with Gasteiger partial charge in [-0.1, -0.05) is 13.8 Å². The van der Waals surface area contributed by atoms with E-state index in [0.717, 1.165) is 34.6 Å². The highest BCUT2D eigenvalue weighted by Crippen LogP contribution is 2.29. The van der Waals surface area contributed by atoms with Crippen LogP contribution >= 0.6 is 0 Å². The van der Waals surface area contributed by atoms with Crippen molar-refractivity contribution in [1.82, 2.24) is 15.6 Å². The molecule has 1 atom stereocenters. The Morgan fingerprint density at radius 3 is 2.81 bits per heavy atom. The second-order valence-corrected chi connectivity index (χ2v) is 6.12. The lowest BCUT2D eigenvalue weighted by atomic mass is 9.98. The van der Waals surface area contributed by atoms with E-state index in [2.05, 4.69) is 15.6 Å². The standard InChI is InChI=1S/C19H21N3O3.C2H6/c1-12(9-20-2)16-8-17-13(7-14(16)10-23)5-6-21-19(17)25-11-15-3-4-18(24)22-15;1-2/h5-10,15,20H,3-4,11H2,1-2H3,(H,22,24);1-2H3/b12-9-;. The van der Waals surface area contributed by atoms with Crippen LogP contribution in [0.2, 0.25) is 0 Å². The van der Waals surface area contributed by atoms with Gasteiger partial charge in [0.25, 0.3) is 0 Å². The Hall–Kier alpha value is -2.89. The van der Waals surface area contributed by atoms with Gasteiger partial charge in [-0.05, 0) is 54.3 Å². The third-order valence-electron chi connectivity index (χ3n) is 4.32. The lowest BCUT2D eigenvalue weighted by Crippen LogP contribution is -2.31. The topological polar surface area (TPSA) is 80.3 Å². The SMILES string of the molecule is CC.CN/C=C(/C)c1cc2c(OCC3CCC(=O)N3)nccc2cc1C=O. The van der Waals surface area contributed by atoms with Gasteiger partial charge in [0.15, 0.2) is 6.29 Å². The van der Waals surface area contributed by atoms with E-state index in [9.17, 15) is 9.59 Å². The molecule has 1 aromatic carbocycles. The molecule has 3 rings (SSSR count). The Morgan fingerprint density at radius 1 is 1.41 bits per heavy atom. The molecule has 0 spiro atoms. The molecule has 1 saturated heterocycles. The Balaban J connectivity index is 0.00000126. The van der Waals surface area contributed by atoms with Crippen molar-refractivity contribution < 1.29 is 14.3 Å². The van der Waals surface area contributed by atoms with E-state index in [1.165, 1.54) is 0 Å². The predicted molar refractivity (Wildman–Crippen MR) is 108 cm³/mol. The number of hydrogen-bond donors (Lipinski definition) is 2. The van der Waals surface area contributed by atoms with Crippen LogP contribution in [0.15, 0.2) is 30.6 Å². The van der Waals surface area contributed by atoms with Gasteiger partial charge < -0.3 is 15.4 Å². The molecule has 2 heterocycles. The van der Waals surface area contributed by atoms with Crippen molar-refractivity contribution in [2.45, 2.75) is 39.7 Å². The second kappa shape index (κ2) is 9.71. The molecule has 2 N–H and O–H groups in total. The fraction of sp³-hybridized carbons (Fsp3) is 0.381. The number of ether oxygens (including phenoxy) is 1. The predicted octanol–water partition coefficient (Wildman–Crippen LogP) is 3.31. The number of carbonyl (C=O) groups excluding carboxylic acids is 2. The minimum atomic E-state index is 0.0178. The average Bonchev–Trinajstić information content (AvgIpc) is 3.12. The lowest BCUT2D eigenvalue weighted by molar-refractivity contribution is -0.119. The molecule has 144 valence electrons. The van der Waals surface area contributed by atoms with Gasteiger partial charge in [-0.3, -0.25) is 9.59 Å². The number of benzene rings is 1. The summed E-state index contributed by atoms with van der Waals surface area (Å²) in [5.41, 5.74) is 2.41. The van der Waals surface area contributed by atoms with Crippen LogP contribution in [-0.4, -0.2) is 36.9 Å². The molecule has 2 aromatic rings. The zero-order valence-corrected chi connectivity index (χ0v) is 16.3. The molecule has 1 aliphatic rings. The third kappa shape index (κ3) is 4.84. The van der Waals surface area contributed by atoms with Gasteiger partial charge in [-0.25, -0.2) is 4.98 Å². The summed E-state index contributed by atoms with van der Waals surface area (Å²) in [6.07, 6.45) is 5.68. The van der Waals surface area contributed by atoms with Crippen molar-refractivity contribution in [3.63, 3.8) is 0 Å². The second-order valence-electron chi connectivity index (χ2n) is 6.12. The molecule has 1 aromatic heterocycles. The van der Waals surface area contributed by atoms with Crippen molar-refractivity contribution in [2.24, 2.45) is 0 Å². The quantitative estimate of drug-likeness (QED) is 0.764. The first-order chi connectivity index (χ1) is 13.1. The van der Waals surface area contributed by atoms with Crippen molar-refractivity contribution in [3.8, 4) is 5.88 Å². The van der Waals surface area contributed by atoms with E-state index in [4.69, 9.17) is 4.74 Å². The molecule has 27 heavy (non-hydrogen) atoms. The highest BCUT2D eigenvalue weighted by molar-refractivity contribution is 5.97. The van der Waals surface area contributed by atoms with E-state index in [1.54, 1.807) is 6.20 Å². The monoisotopic (exact) mass is 369 g/mol. The van der Waals surface area contributed by atoms with E-state index in [1.807, 2.05) is 52.2 Å². The molecule has 6 heteroatoms. The summed E-state index contributed by atoms with van der Waals surface area (Å²) in [6, 6.07) is 5.64. The summed E-state index contributed by atoms with van der Waals surface area (Å²) in [4.78, 5) is 27.1. The average molecular weight is 369 g/mol. The summed E-state index contributed by atoms with van der Waals surface area (Å²) in [6.45, 7) is 6.32. The summed E-state index contributed by atoms with van der Waals surface area (Å²) >= 11 is 0. The zero-order chi connectivity index (χ0) is 19.8. The number of fused-ring (bicyclic) bond motifs is 1. The Labute approximate surface area is 160 Å². The number of amides is 1. The molecule has 0 bridgehead atoms. The molecular weight excluding hydrogens is 342 g/mol. The summed E-state index contributed by atoms with van der Waals surface area (Å²) in [5.74, 6) is 0.569. The molecule has 0 saturated carbocycles. The molecular formula is C21H27N3O3. The van der Waals surface area contributed by atoms with Crippen molar-refractivity contribution >= 4 is 28.5 Å². The van der Waals surface area contributed by atoms with Crippen LogP contribution in [0.4, 0.5) is 0 Å². The number of pyridine rings is 1. The molecule has 6 nitrogen and oxygen atoms in total. The van der Waals surface area contributed by atoms with Crippen LogP contribution in [0.1, 0.15) is 49.5 Å². The van der Waals surface area contributed by atoms with Crippen LogP contribution in [0.3, 0.4) is 0 Å². The minimum absolute atomic E-state index is 0.0178. The summed E-state index contributed by atoms with van der Waals surface area (Å²) < 4.78 is 5.87. The number of nitrogens with zero attached hydrogens (tertiary/aromatic N) is 1. The number of carbonyl (C=O) groups is 2. The first kappa shape index (κ1) is 20.4. The van der Waals surface area contributed by atoms with E-state index in [-0.39, 0.29) is 11.9 Å². The van der Waals surface area contributed by atoms with Crippen LogP contribution in [0.5, 0.6) is 5.88 Å². The number of nitrogens with one attached hydrogen (secondary N) is 2. The maximum atomic E-state index is 11.5. The first-order valence-electron chi connectivity index (χ1n) is 9.27. The van der Waals surface area contributed by atoms with Crippen LogP contribution in [0.25, 0.3) is 16.3 Å². The van der Waals surface area contributed by atoms with Crippen LogP contribution in [-0.2, 0) is 4.79 Å². The highest BCUT2D eigenvalue weighted by Gasteiger charge is 2.21. The molecule has 1 unspecified atom stereocenters. The smallest absolute Gasteiger partial charge is 0.221 e. The van der Waals surface area contributed by atoms with Crippen molar-refractivity contribution in [3.05, 3.63) is 41.7 Å². The molecule has 0 radical (unpaired) electrons. The largest absolute Gasteiger partial charge is 0.475 e. The van der Waals surface area contributed by atoms with Crippen molar-refractivity contribution in [1.29, 1.82) is 0 Å². The fourth-order valence-electron chi connectivity index (χ4n) is 3.04. The lowest BCUT2D eigenvalue weighted by Gasteiger charge is -2.14. The van der Waals surface area contributed by atoms with E-state index >= 15 is 0 Å². The number of rotatable bonds is 6. The number of hydrogen-bond acceptors (Lipinski definition) is 5. The normalized spacial score (nSPS) is 16.4. The number of allylic oxidation sites excluding steroid dienone is 1. The summed E-state index contributed by atoms with van der Waals surface area (Å²) in [7, 11) is 1.82. The van der Waals surface area contributed by atoms with Gasteiger partial charge >= 0.3 is 0 Å². The Morgan fingerprint density at radius 2 is 2.19 bits per heavy atom. The molecule has 1 fully saturated rings. The van der Waals surface area contributed by atoms with Gasteiger partial charge in [0.2, 0.25) is 11.8 Å². The summed E-state index contributed by atoms with van der Waals surface area (Å²) in [5, 5.41) is 7.60. The van der Waals surface area contributed by atoms with Crippen LogP contribution in [0, 0.1) is 0 Å². The van der Waals surface area contributed by atoms with Gasteiger partial charge in [0, 0.05) is 30.6 Å². The maximum absolute atomic E-state index is 11.5. The van der Waals surface area contributed by atoms with Gasteiger partial charge in [0.1, 0.15) is 6.61 Å². The van der Waals surface area contributed by atoms with Crippen LogP contribution < -0.4 is 15.4 Å². The minimum Gasteiger partial charge on any atom is -0.475 e. The number of aromatic nitrogens is 1. The van der Waals surface area contributed by atoms with E-state index in [0.29, 0.717) is 24.5 Å². The van der Waals surface area contributed by atoms with Gasteiger partial charge in [0.05, 0.1) is 6.04 Å². The zero-order valence-electron chi connectivity index (χ0n) is 16.3. The molecule has 1 amide bonds. The van der Waals surface area contributed by atoms with Crippen molar-refractivity contribution in [2.75, 3.05) is 13.7 Å². The first-order valence-corrected chi connectivity index (χ1v) is 9.27.